The lowest BCUT2D eigenvalue weighted by atomic mass is 9.94. The molecule has 1 N–H and O–H groups in total. The molecular formula is C25H29N3O2S. The zero-order chi connectivity index (χ0) is 21.8. The number of aromatic nitrogens is 2. The summed E-state index contributed by atoms with van der Waals surface area (Å²) in [5.74, 6) is 0.0734. The van der Waals surface area contributed by atoms with E-state index in [2.05, 4.69) is 40.4 Å². The molecule has 31 heavy (non-hydrogen) atoms. The Balaban J connectivity index is 1.83. The number of nitrogens with zero attached hydrogens (tertiary/aromatic N) is 3. The van der Waals surface area contributed by atoms with Crippen LogP contribution in [-0.2, 0) is 6.54 Å². The van der Waals surface area contributed by atoms with Gasteiger partial charge in [-0.2, -0.15) is 0 Å². The Hall–Kier alpha value is -2.57. The van der Waals surface area contributed by atoms with Gasteiger partial charge in [0.2, 0.25) is 0 Å². The zero-order valence-electron chi connectivity index (χ0n) is 18.1. The van der Waals surface area contributed by atoms with E-state index in [1.807, 2.05) is 25.1 Å². The highest BCUT2D eigenvalue weighted by Gasteiger charge is 2.30. The van der Waals surface area contributed by atoms with Crippen molar-refractivity contribution in [3.8, 4) is 5.75 Å². The molecule has 1 unspecified atom stereocenters. The van der Waals surface area contributed by atoms with Gasteiger partial charge in [0.25, 0.3) is 5.56 Å². The summed E-state index contributed by atoms with van der Waals surface area (Å²) >= 11 is 1.70. The molecule has 2 aromatic heterocycles. The van der Waals surface area contributed by atoms with Crippen molar-refractivity contribution in [1.29, 1.82) is 0 Å². The lowest BCUT2D eigenvalue weighted by Crippen LogP contribution is -2.39. The number of thioether (sulfide) groups is 1. The molecule has 4 rings (SSSR count). The van der Waals surface area contributed by atoms with Crippen LogP contribution < -0.4 is 5.56 Å². The summed E-state index contributed by atoms with van der Waals surface area (Å²) in [4.78, 5) is 21.6. The maximum atomic E-state index is 13.7. The Morgan fingerprint density at radius 3 is 2.48 bits per heavy atom. The number of aryl methyl sites for hydroxylation is 1. The number of benzene rings is 1. The minimum Gasteiger partial charge on any atom is -0.507 e. The minimum atomic E-state index is -0.265. The lowest BCUT2D eigenvalue weighted by molar-refractivity contribution is 0.183. The van der Waals surface area contributed by atoms with E-state index in [-0.39, 0.29) is 17.4 Å². The first-order valence-electron chi connectivity index (χ1n) is 10.8. The van der Waals surface area contributed by atoms with Crippen molar-refractivity contribution in [2.75, 3.05) is 19.3 Å². The van der Waals surface area contributed by atoms with Crippen molar-refractivity contribution in [3.05, 3.63) is 87.6 Å². The van der Waals surface area contributed by atoms with Gasteiger partial charge >= 0.3 is 0 Å². The first-order chi connectivity index (χ1) is 15.1. The number of likely N-dealkylation sites (tertiary alicyclic amines) is 1. The van der Waals surface area contributed by atoms with Gasteiger partial charge in [-0.15, -0.1) is 11.8 Å². The minimum absolute atomic E-state index is 0.0734. The number of hydrogen-bond donors (Lipinski definition) is 1. The van der Waals surface area contributed by atoms with Crippen LogP contribution in [0.1, 0.15) is 47.8 Å². The maximum absolute atomic E-state index is 13.7. The summed E-state index contributed by atoms with van der Waals surface area (Å²) in [6.45, 7) is 4.08. The zero-order valence-corrected chi connectivity index (χ0v) is 18.9. The van der Waals surface area contributed by atoms with Crippen LogP contribution in [0.15, 0.2) is 64.4 Å². The van der Waals surface area contributed by atoms with Crippen LogP contribution in [0.5, 0.6) is 5.75 Å². The molecule has 5 nitrogen and oxygen atoms in total. The van der Waals surface area contributed by atoms with Gasteiger partial charge in [-0.25, -0.2) is 0 Å². The average molecular weight is 436 g/mol. The van der Waals surface area contributed by atoms with Gasteiger partial charge in [-0.1, -0.05) is 24.6 Å². The van der Waals surface area contributed by atoms with Gasteiger partial charge in [0.1, 0.15) is 5.75 Å². The van der Waals surface area contributed by atoms with Gasteiger partial charge in [0, 0.05) is 16.8 Å². The number of rotatable bonds is 6. The molecule has 1 aliphatic heterocycles. The normalized spacial score (nSPS) is 15.7. The third-order valence-corrected chi connectivity index (χ3v) is 6.77. The van der Waals surface area contributed by atoms with Crippen LogP contribution in [0.25, 0.3) is 0 Å². The van der Waals surface area contributed by atoms with Crippen LogP contribution >= 0.6 is 11.8 Å². The van der Waals surface area contributed by atoms with Crippen LogP contribution in [0.3, 0.4) is 0 Å². The summed E-state index contributed by atoms with van der Waals surface area (Å²) in [5, 5.41) is 11.0. The Labute approximate surface area is 187 Å². The van der Waals surface area contributed by atoms with Gasteiger partial charge in [-0.05, 0) is 75.0 Å². The third kappa shape index (κ3) is 4.70. The molecule has 0 saturated carbocycles. The maximum Gasteiger partial charge on any atom is 0.260 e. The molecule has 6 heteroatoms. The smallest absolute Gasteiger partial charge is 0.260 e. The molecule has 1 fully saturated rings. The van der Waals surface area contributed by atoms with Crippen LogP contribution in [0, 0.1) is 6.92 Å². The molecule has 0 aliphatic carbocycles. The van der Waals surface area contributed by atoms with E-state index in [1.54, 1.807) is 28.6 Å². The summed E-state index contributed by atoms with van der Waals surface area (Å²) < 4.78 is 1.73. The highest BCUT2D eigenvalue weighted by atomic mass is 32.2. The lowest BCUT2D eigenvalue weighted by Gasteiger charge is -2.35. The fraction of sp³-hybridized carbons (Fsp3) is 0.360. The van der Waals surface area contributed by atoms with Crippen molar-refractivity contribution in [2.45, 2.75) is 43.7 Å². The molecule has 3 heterocycles. The standard InChI is InChI=1S/C25H29N3O2S/c1-18-16-22(29)23(25(30)28(18)17-20-8-4-5-13-26-20)24(27-14-6-3-7-15-27)19-9-11-21(31-2)12-10-19/h4-5,8-13,16,24,29H,3,6-7,14-15,17H2,1-2H3. The second-order valence-electron chi connectivity index (χ2n) is 8.07. The topological polar surface area (TPSA) is 58.4 Å². The fourth-order valence-corrected chi connectivity index (χ4v) is 4.81. The predicted octanol–water partition coefficient (Wildman–Crippen LogP) is 4.60. The quantitative estimate of drug-likeness (QED) is 0.574. The van der Waals surface area contributed by atoms with Crippen LogP contribution in [0.2, 0.25) is 0 Å². The van der Waals surface area contributed by atoms with E-state index in [0.29, 0.717) is 12.1 Å². The molecular weight excluding hydrogens is 406 g/mol. The molecule has 0 amide bonds. The van der Waals surface area contributed by atoms with Crippen LogP contribution in [-0.4, -0.2) is 38.9 Å². The van der Waals surface area contributed by atoms with E-state index < -0.39 is 0 Å². The second-order valence-corrected chi connectivity index (χ2v) is 8.95. The van der Waals surface area contributed by atoms with Crippen molar-refractivity contribution in [3.63, 3.8) is 0 Å². The van der Waals surface area contributed by atoms with E-state index in [4.69, 9.17) is 0 Å². The van der Waals surface area contributed by atoms with Crippen molar-refractivity contribution >= 4 is 11.8 Å². The van der Waals surface area contributed by atoms with E-state index in [0.717, 1.165) is 42.9 Å². The summed E-state index contributed by atoms with van der Waals surface area (Å²) in [7, 11) is 0. The largest absolute Gasteiger partial charge is 0.507 e. The summed E-state index contributed by atoms with van der Waals surface area (Å²) in [5.41, 5.74) is 2.91. The monoisotopic (exact) mass is 435 g/mol. The van der Waals surface area contributed by atoms with Crippen molar-refractivity contribution in [1.82, 2.24) is 14.5 Å². The highest BCUT2D eigenvalue weighted by molar-refractivity contribution is 7.98. The van der Waals surface area contributed by atoms with Gasteiger partial charge in [-0.3, -0.25) is 14.7 Å². The van der Waals surface area contributed by atoms with Gasteiger partial charge in [0.15, 0.2) is 0 Å². The van der Waals surface area contributed by atoms with Gasteiger partial charge < -0.3 is 9.67 Å². The van der Waals surface area contributed by atoms with E-state index in [9.17, 15) is 9.90 Å². The third-order valence-electron chi connectivity index (χ3n) is 6.03. The Morgan fingerprint density at radius 1 is 1.10 bits per heavy atom. The highest BCUT2D eigenvalue weighted by Crippen LogP contribution is 2.35. The average Bonchev–Trinajstić information content (AvgIpc) is 2.81. The first-order valence-corrected chi connectivity index (χ1v) is 12.0. The Bertz CT molecular complexity index is 1070. The second kappa shape index (κ2) is 9.71. The van der Waals surface area contributed by atoms with Gasteiger partial charge in [0.05, 0.1) is 23.8 Å². The fourth-order valence-electron chi connectivity index (χ4n) is 4.40. The Kier molecular flexibility index (Phi) is 6.78. The molecule has 0 bridgehead atoms. The molecule has 162 valence electrons. The van der Waals surface area contributed by atoms with Crippen LogP contribution in [0.4, 0.5) is 0 Å². The van der Waals surface area contributed by atoms with Crippen molar-refractivity contribution < 1.29 is 5.11 Å². The summed E-state index contributed by atoms with van der Waals surface area (Å²) in [6.07, 6.45) is 7.21. The number of hydrogen-bond acceptors (Lipinski definition) is 5. The SMILES string of the molecule is CSc1ccc(C(c2c(O)cc(C)n(Cc3ccccn3)c2=O)N2CCCCC2)cc1. The number of piperidine rings is 1. The van der Waals surface area contributed by atoms with Crippen molar-refractivity contribution in [2.24, 2.45) is 0 Å². The molecule has 1 aliphatic rings. The first kappa shape index (κ1) is 21.7. The Morgan fingerprint density at radius 2 is 1.84 bits per heavy atom. The van der Waals surface area contributed by atoms with E-state index >= 15 is 0 Å². The summed E-state index contributed by atoms with van der Waals surface area (Å²) in [6, 6.07) is 15.5. The molecule has 1 saturated heterocycles. The number of aromatic hydroxyl groups is 1. The predicted molar refractivity (Wildman–Crippen MR) is 126 cm³/mol. The molecule has 0 spiro atoms. The molecule has 3 aromatic rings. The molecule has 1 aromatic carbocycles. The van der Waals surface area contributed by atoms with E-state index in [1.165, 1.54) is 11.3 Å². The molecule has 0 radical (unpaired) electrons. The number of pyridine rings is 2. The molecule has 1 atom stereocenters.